The van der Waals surface area contributed by atoms with Crippen LogP contribution in [-0.4, -0.2) is 42.6 Å². The van der Waals surface area contributed by atoms with Gasteiger partial charge in [0, 0.05) is 32.7 Å². The third-order valence-electron chi connectivity index (χ3n) is 5.17. The van der Waals surface area contributed by atoms with Gasteiger partial charge in [0.05, 0.1) is 22.8 Å². The first-order chi connectivity index (χ1) is 12.8. The number of hydrogen-bond donors (Lipinski definition) is 2. The van der Waals surface area contributed by atoms with Crippen molar-refractivity contribution in [3.63, 3.8) is 0 Å². The molecule has 0 aliphatic carbocycles. The number of hydrazine groups is 1. The fourth-order valence-corrected chi connectivity index (χ4v) is 4.69. The lowest BCUT2D eigenvalue weighted by Gasteiger charge is -2.34. The van der Waals surface area contributed by atoms with Gasteiger partial charge in [-0.05, 0) is 30.7 Å². The van der Waals surface area contributed by atoms with Gasteiger partial charge in [0.15, 0.2) is 5.13 Å². The molecule has 2 saturated heterocycles. The molecule has 3 aromatic rings. The zero-order valence-corrected chi connectivity index (χ0v) is 15.5. The molecule has 2 fully saturated rings. The van der Waals surface area contributed by atoms with E-state index in [2.05, 4.69) is 57.0 Å². The quantitative estimate of drug-likeness (QED) is 0.738. The Bertz CT molecular complexity index is 844. The Morgan fingerprint density at radius 1 is 1.12 bits per heavy atom. The van der Waals surface area contributed by atoms with Crippen LogP contribution in [0, 0.1) is 0 Å². The van der Waals surface area contributed by atoms with Crippen LogP contribution >= 0.6 is 11.3 Å². The molecule has 2 aliphatic rings. The van der Waals surface area contributed by atoms with Crippen LogP contribution in [0.4, 0.5) is 5.13 Å². The van der Waals surface area contributed by atoms with E-state index in [1.54, 1.807) is 11.3 Å². The standard InChI is InChI=1S/C19H23N5OS/c1-2-4-18-16(3-1)21-19(26-18)24-11-9-23(10-12-24)13-14-5-6-17(25-14)15-7-8-20-22-15/h1-6,15,20,22H,7-13H2. The number of nitrogens with one attached hydrogen (secondary N) is 2. The zero-order chi connectivity index (χ0) is 17.3. The Hall–Kier alpha value is -1.93. The Balaban J connectivity index is 1.19. The van der Waals surface area contributed by atoms with Crippen LogP contribution in [0.15, 0.2) is 40.8 Å². The maximum Gasteiger partial charge on any atom is 0.186 e. The summed E-state index contributed by atoms with van der Waals surface area (Å²) in [4.78, 5) is 9.66. The first-order valence-corrected chi connectivity index (χ1v) is 10.1. The largest absolute Gasteiger partial charge is 0.463 e. The van der Waals surface area contributed by atoms with Crippen molar-refractivity contribution in [3.8, 4) is 0 Å². The number of fused-ring (bicyclic) bond motifs is 1. The number of furan rings is 1. The van der Waals surface area contributed by atoms with E-state index in [-0.39, 0.29) is 0 Å². The van der Waals surface area contributed by atoms with Crippen molar-refractivity contribution >= 4 is 26.7 Å². The highest BCUT2D eigenvalue weighted by atomic mass is 32.1. The molecule has 0 amide bonds. The lowest BCUT2D eigenvalue weighted by atomic mass is 10.2. The molecule has 2 aromatic heterocycles. The van der Waals surface area contributed by atoms with Gasteiger partial charge in [0.1, 0.15) is 11.5 Å². The number of aromatic nitrogens is 1. The van der Waals surface area contributed by atoms with E-state index < -0.39 is 0 Å². The Morgan fingerprint density at radius 2 is 2.00 bits per heavy atom. The number of para-hydroxylation sites is 1. The molecule has 1 atom stereocenters. The van der Waals surface area contributed by atoms with Crippen molar-refractivity contribution in [3.05, 3.63) is 47.9 Å². The summed E-state index contributed by atoms with van der Waals surface area (Å²) in [5.74, 6) is 2.10. The molecule has 0 radical (unpaired) electrons. The summed E-state index contributed by atoms with van der Waals surface area (Å²) >= 11 is 1.79. The SMILES string of the molecule is c1ccc2sc(N3CCN(Cc4ccc(C5CCNN5)o4)CC3)nc2c1. The highest BCUT2D eigenvalue weighted by Gasteiger charge is 2.22. The molecule has 6 nitrogen and oxygen atoms in total. The summed E-state index contributed by atoms with van der Waals surface area (Å²) in [5, 5.41) is 1.14. The fraction of sp³-hybridized carbons (Fsp3) is 0.421. The van der Waals surface area contributed by atoms with Crippen molar-refractivity contribution in [2.75, 3.05) is 37.6 Å². The minimum Gasteiger partial charge on any atom is -0.463 e. The molecule has 1 unspecified atom stereocenters. The smallest absolute Gasteiger partial charge is 0.186 e. The van der Waals surface area contributed by atoms with Crippen molar-refractivity contribution in [2.45, 2.75) is 19.0 Å². The van der Waals surface area contributed by atoms with Crippen LogP contribution in [0.3, 0.4) is 0 Å². The molecule has 0 saturated carbocycles. The number of hydrogen-bond acceptors (Lipinski definition) is 7. The summed E-state index contributed by atoms with van der Waals surface area (Å²) in [6.45, 7) is 5.98. The normalized spacial score (nSPS) is 21.7. The van der Waals surface area contributed by atoms with E-state index in [9.17, 15) is 0 Å². The van der Waals surface area contributed by atoms with Crippen LogP contribution < -0.4 is 15.8 Å². The zero-order valence-electron chi connectivity index (χ0n) is 14.6. The summed E-state index contributed by atoms with van der Waals surface area (Å²) in [5.41, 5.74) is 7.52. The molecule has 7 heteroatoms. The Labute approximate surface area is 156 Å². The van der Waals surface area contributed by atoms with E-state index in [4.69, 9.17) is 9.40 Å². The first-order valence-electron chi connectivity index (χ1n) is 9.25. The molecular formula is C19H23N5OS. The van der Waals surface area contributed by atoms with E-state index >= 15 is 0 Å². The van der Waals surface area contributed by atoms with Crippen LogP contribution in [-0.2, 0) is 6.54 Å². The third-order valence-corrected chi connectivity index (χ3v) is 6.26. The minimum atomic E-state index is 0.305. The van der Waals surface area contributed by atoms with Gasteiger partial charge in [-0.1, -0.05) is 23.5 Å². The van der Waals surface area contributed by atoms with Gasteiger partial charge in [-0.2, -0.15) is 0 Å². The molecule has 0 bridgehead atoms. The van der Waals surface area contributed by atoms with Gasteiger partial charge >= 0.3 is 0 Å². The molecule has 26 heavy (non-hydrogen) atoms. The van der Waals surface area contributed by atoms with Gasteiger partial charge in [0.2, 0.25) is 0 Å². The van der Waals surface area contributed by atoms with Crippen molar-refractivity contribution in [2.24, 2.45) is 0 Å². The molecule has 5 rings (SSSR count). The van der Waals surface area contributed by atoms with E-state index in [0.717, 1.165) is 67.9 Å². The van der Waals surface area contributed by atoms with Crippen LogP contribution in [0.25, 0.3) is 10.2 Å². The average Bonchev–Trinajstić information content (AvgIpc) is 3.42. The van der Waals surface area contributed by atoms with Crippen LogP contribution in [0.1, 0.15) is 24.0 Å². The van der Waals surface area contributed by atoms with Crippen molar-refractivity contribution in [1.82, 2.24) is 20.7 Å². The third kappa shape index (κ3) is 3.23. The Kier molecular flexibility index (Phi) is 4.38. The maximum atomic E-state index is 6.05. The van der Waals surface area contributed by atoms with Gasteiger partial charge < -0.3 is 9.32 Å². The number of rotatable bonds is 4. The number of thiazole rings is 1. The number of nitrogens with zero attached hydrogens (tertiary/aromatic N) is 3. The average molecular weight is 369 g/mol. The second-order valence-electron chi connectivity index (χ2n) is 6.94. The number of piperazine rings is 1. The van der Waals surface area contributed by atoms with Gasteiger partial charge in [-0.25, -0.2) is 10.4 Å². The molecular weight excluding hydrogens is 346 g/mol. The number of anilines is 1. The minimum absolute atomic E-state index is 0.305. The van der Waals surface area contributed by atoms with E-state index in [1.165, 1.54) is 4.70 Å². The lowest BCUT2D eigenvalue weighted by molar-refractivity contribution is 0.226. The summed E-state index contributed by atoms with van der Waals surface area (Å²) in [6.07, 6.45) is 1.08. The second kappa shape index (κ2) is 7.00. The monoisotopic (exact) mass is 369 g/mol. The molecule has 0 spiro atoms. The summed E-state index contributed by atoms with van der Waals surface area (Å²) in [7, 11) is 0. The molecule has 2 aliphatic heterocycles. The van der Waals surface area contributed by atoms with E-state index in [0.29, 0.717) is 6.04 Å². The topological polar surface area (TPSA) is 56.6 Å². The second-order valence-corrected chi connectivity index (χ2v) is 7.95. The first kappa shape index (κ1) is 16.3. The predicted octanol–water partition coefficient (Wildman–Crippen LogP) is 2.75. The van der Waals surface area contributed by atoms with Crippen LogP contribution in [0.5, 0.6) is 0 Å². The molecule has 136 valence electrons. The summed E-state index contributed by atoms with van der Waals surface area (Å²) in [6, 6.07) is 12.9. The van der Waals surface area contributed by atoms with Crippen molar-refractivity contribution < 1.29 is 4.42 Å². The van der Waals surface area contributed by atoms with Gasteiger partial charge in [0.25, 0.3) is 0 Å². The highest BCUT2D eigenvalue weighted by molar-refractivity contribution is 7.22. The summed E-state index contributed by atoms with van der Waals surface area (Å²) < 4.78 is 7.32. The Morgan fingerprint density at radius 3 is 2.81 bits per heavy atom. The van der Waals surface area contributed by atoms with E-state index in [1.807, 2.05) is 0 Å². The number of benzene rings is 1. The maximum absolute atomic E-state index is 6.05. The predicted molar refractivity (Wildman–Crippen MR) is 104 cm³/mol. The molecule has 1 aromatic carbocycles. The fourth-order valence-electron chi connectivity index (χ4n) is 3.68. The van der Waals surface area contributed by atoms with Gasteiger partial charge in [-0.15, -0.1) is 0 Å². The van der Waals surface area contributed by atoms with Crippen LogP contribution in [0.2, 0.25) is 0 Å². The highest BCUT2D eigenvalue weighted by Crippen LogP contribution is 2.29. The lowest BCUT2D eigenvalue weighted by Crippen LogP contribution is -2.45. The molecule has 2 N–H and O–H groups in total. The van der Waals surface area contributed by atoms with Gasteiger partial charge in [-0.3, -0.25) is 10.3 Å². The van der Waals surface area contributed by atoms with Crippen molar-refractivity contribution in [1.29, 1.82) is 0 Å². The molecule has 4 heterocycles.